The van der Waals surface area contributed by atoms with E-state index in [4.69, 9.17) is 0 Å². The number of nitrogens with zero attached hydrogens (tertiary/aromatic N) is 3. The Morgan fingerprint density at radius 2 is 2.00 bits per heavy atom. The lowest BCUT2D eigenvalue weighted by Crippen LogP contribution is -2.37. The van der Waals surface area contributed by atoms with E-state index in [1.54, 1.807) is 0 Å². The van der Waals surface area contributed by atoms with Crippen molar-refractivity contribution in [1.82, 2.24) is 15.6 Å². The van der Waals surface area contributed by atoms with Crippen molar-refractivity contribution >= 4 is 11.8 Å². The lowest BCUT2D eigenvalue weighted by atomic mass is 10.2. The zero-order valence-electron chi connectivity index (χ0n) is 14.2. The van der Waals surface area contributed by atoms with Crippen molar-refractivity contribution in [3.8, 4) is 0 Å². The molecule has 1 aliphatic heterocycles. The van der Waals surface area contributed by atoms with Gasteiger partial charge in [-0.1, -0.05) is 12.8 Å². The van der Waals surface area contributed by atoms with E-state index in [9.17, 15) is 0 Å². The molecule has 1 saturated heterocycles. The average Bonchev–Trinajstić information content (AvgIpc) is 3.42. The summed E-state index contributed by atoms with van der Waals surface area (Å²) < 4.78 is 0. The van der Waals surface area contributed by atoms with E-state index >= 15 is 0 Å². The summed E-state index contributed by atoms with van der Waals surface area (Å²) in [6.07, 6.45) is 9.89. The average molecular weight is 315 g/mol. The molecule has 1 aromatic heterocycles. The van der Waals surface area contributed by atoms with Crippen molar-refractivity contribution in [3.05, 3.63) is 23.9 Å². The fraction of sp³-hybridized carbons (Fsp3) is 0.667. The predicted molar refractivity (Wildman–Crippen MR) is 95.8 cm³/mol. The highest BCUT2D eigenvalue weighted by atomic mass is 15.2. The molecule has 2 aliphatic rings. The largest absolute Gasteiger partial charge is 0.357 e. The Hall–Kier alpha value is -1.78. The summed E-state index contributed by atoms with van der Waals surface area (Å²) in [6.45, 7) is 4.09. The van der Waals surface area contributed by atoms with Gasteiger partial charge >= 0.3 is 0 Å². The zero-order chi connectivity index (χ0) is 15.9. The van der Waals surface area contributed by atoms with Gasteiger partial charge in [-0.05, 0) is 49.3 Å². The lowest BCUT2D eigenvalue weighted by molar-refractivity contribution is 0.726. The van der Waals surface area contributed by atoms with Gasteiger partial charge in [0.15, 0.2) is 5.96 Å². The lowest BCUT2D eigenvalue weighted by Gasteiger charge is -2.22. The van der Waals surface area contributed by atoms with E-state index in [-0.39, 0.29) is 0 Å². The summed E-state index contributed by atoms with van der Waals surface area (Å²) in [4.78, 5) is 11.3. The second-order valence-corrected chi connectivity index (χ2v) is 6.67. The van der Waals surface area contributed by atoms with E-state index in [1.165, 1.54) is 44.1 Å². The smallest absolute Gasteiger partial charge is 0.191 e. The van der Waals surface area contributed by atoms with Crippen molar-refractivity contribution in [2.75, 3.05) is 31.6 Å². The Morgan fingerprint density at radius 1 is 1.22 bits per heavy atom. The van der Waals surface area contributed by atoms with Crippen molar-refractivity contribution in [3.63, 3.8) is 0 Å². The number of rotatable bonds is 5. The molecule has 1 saturated carbocycles. The number of nitrogens with one attached hydrogen (secondary N) is 2. The maximum atomic E-state index is 4.57. The number of hydrogen-bond acceptors (Lipinski definition) is 3. The number of guanidine groups is 1. The number of pyridine rings is 1. The molecule has 2 fully saturated rings. The first-order valence-corrected chi connectivity index (χ1v) is 8.99. The van der Waals surface area contributed by atoms with Crippen LogP contribution in [-0.4, -0.2) is 37.6 Å². The molecule has 0 atom stereocenters. The van der Waals surface area contributed by atoms with E-state index in [2.05, 4.69) is 37.6 Å². The van der Waals surface area contributed by atoms with Crippen LogP contribution in [0.15, 0.2) is 23.3 Å². The third-order valence-corrected chi connectivity index (χ3v) is 4.68. The van der Waals surface area contributed by atoms with Gasteiger partial charge in [0, 0.05) is 39.4 Å². The molecule has 3 rings (SSSR count). The van der Waals surface area contributed by atoms with Gasteiger partial charge in [-0.25, -0.2) is 4.98 Å². The van der Waals surface area contributed by atoms with E-state index in [1.807, 2.05) is 13.2 Å². The summed E-state index contributed by atoms with van der Waals surface area (Å²) in [5.74, 6) is 2.86. The highest BCUT2D eigenvalue weighted by Crippen LogP contribution is 2.27. The van der Waals surface area contributed by atoms with Crippen LogP contribution in [0, 0.1) is 5.92 Å². The van der Waals surface area contributed by atoms with Crippen LogP contribution in [-0.2, 0) is 6.54 Å². The van der Waals surface area contributed by atoms with Crippen LogP contribution >= 0.6 is 0 Å². The molecule has 0 unspecified atom stereocenters. The van der Waals surface area contributed by atoms with Crippen molar-refractivity contribution in [2.24, 2.45) is 10.9 Å². The number of aliphatic imine (C=N–C) groups is 1. The molecule has 0 amide bonds. The molecule has 1 aromatic rings. The quantitative estimate of drug-likeness (QED) is 0.648. The van der Waals surface area contributed by atoms with Crippen molar-refractivity contribution < 1.29 is 0 Å². The summed E-state index contributed by atoms with van der Waals surface area (Å²) in [5.41, 5.74) is 1.26. The van der Waals surface area contributed by atoms with Gasteiger partial charge in [0.25, 0.3) is 0 Å². The van der Waals surface area contributed by atoms with E-state index < -0.39 is 0 Å². The first-order valence-electron chi connectivity index (χ1n) is 8.99. The molecule has 23 heavy (non-hydrogen) atoms. The number of anilines is 1. The molecular weight excluding hydrogens is 286 g/mol. The number of aromatic nitrogens is 1. The molecule has 0 bridgehead atoms. The SMILES string of the molecule is CN=C(NCc1ccnc(N2CCCCCC2)c1)NCC1CC1. The van der Waals surface area contributed by atoms with Gasteiger partial charge in [-0.15, -0.1) is 0 Å². The van der Waals surface area contributed by atoms with Crippen LogP contribution < -0.4 is 15.5 Å². The number of hydrogen-bond donors (Lipinski definition) is 2. The molecule has 0 radical (unpaired) electrons. The van der Waals surface area contributed by atoms with Crippen LogP contribution in [0.1, 0.15) is 44.1 Å². The normalized spacial score (nSPS) is 19.3. The standard InChI is InChI=1S/C18H29N5/c1-19-18(21-13-15-6-7-15)22-14-16-8-9-20-17(12-16)23-10-4-2-3-5-11-23/h8-9,12,15H,2-7,10-11,13-14H2,1H3,(H2,19,21,22). The van der Waals surface area contributed by atoms with Crippen molar-refractivity contribution in [2.45, 2.75) is 45.1 Å². The Balaban J connectivity index is 1.53. The summed E-state index contributed by atoms with van der Waals surface area (Å²) in [6, 6.07) is 4.30. The Labute approximate surface area is 139 Å². The monoisotopic (exact) mass is 315 g/mol. The second kappa shape index (κ2) is 8.18. The molecule has 2 heterocycles. The van der Waals surface area contributed by atoms with Crippen LogP contribution in [0.5, 0.6) is 0 Å². The van der Waals surface area contributed by atoms with Crippen LogP contribution in [0.25, 0.3) is 0 Å². The van der Waals surface area contributed by atoms with E-state index in [0.717, 1.165) is 43.9 Å². The molecule has 1 aliphatic carbocycles. The molecule has 2 N–H and O–H groups in total. The third kappa shape index (κ3) is 5.12. The second-order valence-electron chi connectivity index (χ2n) is 6.67. The minimum absolute atomic E-state index is 0.785. The molecule has 5 heteroatoms. The van der Waals surface area contributed by atoms with Gasteiger partial charge in [0.2, 0.25) is 0 Å². The molecule has 0 spiro atoms. The summed E-state index contributed by atoms with van der Waals surface area (Å²) in [7, 11) is 1.83. The maximum absolute atomic E-state index is 4.57. The van der Waals surface area contributed by atoms with Gasteiger partial charge in [0.05, 0.1) is 0 Å². The summed E-state index contributed by atoms with van der Waals surface area (Å²) in [5, 5.41) is 6.80. The Morgan fingerprint density at radius 3 is 2.70 bits per heavy atom. The Bertz CT molecular complexity index is 516. The fourth-order valence-corrected chi connectivity index (χ4v) is 3.01. The van der Waals surface area contributed by atoms with Crippen LogP contribution in [0.3, 0.4) is 0 Å². The molecule has 5 nitrogen and oxygen atoms in total. The molecular formula is C18H29N5. The first-order chi connectivity index (χ1) is 11.3. The highest BCUT2D eigenvalue weighted by Gasteiger charge is 2.21. The molecule has 126 valence electrons. The topological polar surface area (TPSA) is 52.6 Å². The Kier molecular flexibility index (Phi) is 5.72. The van der Waals surface area contributed by atoms with Gasteiger partial charge in [0.1, 0.15) is 5.82 Å². The predicted octanol–water partition coefficient (Wildman–Crippen LogP) is 2.54. The minimum atomic E-state index is 0.785. The van der Waals surface area contributed by atoms with Crippen molar-refractivity contribution in [1.29, 1.82) is 0 Å². The van der Waals surface area contributed by atoms with Crippen LogP contribution in [0.2, 0.25) is 0 Å². The van der Waals surface area contributed by atoms with Gasteiger partial charge in [-0.2, -0.15) is 0 Å². The first kappa shape index (κ1) is 16.1. The van der Waals surface area contributed by atoms with Gasteiger partial charge < -0.3 is 15.5 Å². The summed E-state index contributed by atoms with van der Waals surface area (Å²) >= 11 is 0. The fourth-order valence-electron chi connectivity index (χ4n) is 3.01. The van der Waals surface area contributed by atoms with Gasteiger partial charge in [-0.3, -0.25) is 4.99 Å². The minimum Gasteiger partial charge on any atom is -0.357 e. The molecule has 0 aromatic carbocycles. The van der Waals surface area contributed by atoms with Crippen LogP contribution in [0.4, 0.5) is 5.82 Å². The zero-order valence-corrected chi connectivity index (χ0v) is 14.2. The van der Waals surface area contributed by atoms with E-state index in [0.29, 0.717) is 0 Å². The third-order valence-electron chi connectivity index (χ3n) is 4.68. The highest BCUT2D eigenvalue weighted by molar-refractivity contribution is 5.79. The maximum Gasteiger partial charge on any atom is 0.191 e.